The summed E-state index contributed by atoms with van der Waals surface area (Å²) < 4.78 is 0. The van der Waals surface area contributed by atoms with E-state index in [9.17, 15) is 14.4 Å². The van der Waals surface area contributed by atoms with Gasteiger partial charge in [0.15, 0.2) is 0 Å². The fourth-order valence-electron chi connectivity index (χ4n) is 4.68. The van der Waals surface area contributed by atoms with Crippen LogP contribution in [0.15, 0.2) is 77.6 Å². The van der Waals surface area contributed by atoms with E-state index in [1.165, 1.54) is 11.8 Å². The van der Waals surface area contributed by atoms with Gasteiger partial charge < -0.3 is 27.0 Å². The van der Waals surface area contributed by atoms with Gasteiger partial charge in [0, 0.05) is 55.0 Å². The minimum Gasteiger partial charge on any atom is -0.387 e. The summed E-state index contributed by atoms with van der Waals surface area (Å²) in [6.45, 7) is 7.88. The van der Waals surface area contributed by atoms with Gasteiger partial charge in [-0.3, -0.25) is 19.4 Å². The number of nitrogens with two attached hydrogens (primary N) is 2. The van der Waals surface area contributed by atoms with E-state index >= 15 is 0 Å². The molecule has 2 aromatic carbocycles. The lowest BCUT2D eigenvalue weighted by Gasteiger charge is -2.22. The number of nitrogens with one attached hydrogen (secondary N) is 2. The van der Waals surface area contributed by atoms with E-state index in [1.54, 1.807) is 30.5 Å². The van der Waals surface area contributed by atoms with Crippen LogP contribution in [0.4, 0.5) is 11.4 Å². The first-order valence-corrected chi connectivity index (χ1v) is 15.0. The molecular formula is C34H43N7O3. The Morgan fingerprint density at radius 3 is 2.41 bits per heavy atom. The molecule has 0 fully saturated rings. The van der Waals surface area contributed by atoms with Crippen molar-refractivity contribution in [3.63, 3.8) is 0 Å². The third-order valence-corrected chi connectivity index (χ3v) is 6.92. The Bertz CT molecular complexity index is 1460. The first-order chi connectivity index (χ1) is 21.3. The number of aliphatic imine (C=N–C) groups is 1. The van der Waals surface area contributed by atoms with Crippen molar-refractivity contribution in [3.8, 4) is 0 Å². The van der Waals surface area contributed by atoms with Crippen LogP contribution in [0.5, 0.6) is 0 Å². The molecule has 6 N–H and O–H groups in total. The van der Waals surface area contributed by atoms with Gasteiger partial charge in [-0.25, -0.2) is 4.99 Å². The molecule has 2 heterocycles. The van der Waals surface area contributed by atoms with Crippen molar-refractivity contribution in [2.24, 2.45) is 16.5 Å². The van der Waals surface area contributed by atoms with Gasteiger partial charge in [-0.15, -0.1) is 0 Å². The Labute approximate surface area is 259 Å². The molecule has 3 amide bonds. The molecule has 1 aliphatic heterocycles. The smallest absolute Gasteiger partial charge is 0.255 e. The van der Waals surface area contributed by atoms with Crippen molar-refractivity contribution in [3.05, 3.63) is 94.8 Å². The van der Waals surface area contributed by atoms with Crippen LogP contribution in [-0.2, 0) is 16.1 Å². The molecule has 0 aliphatic carbocycles. The molecule has 4 rings (SSSR count). The number of amidine groups is 1. The van der Waals surface area contributed by atoms with E-state index in [4.69, 9.17) is 11.5 Å². The maximum Gasteiger partial charge on any atom is 0.255 e. The largest absolute Gasteiger partial charge is 0.387 e. The van der Waals surface area contributed by atoms with Crippen LogP contribution in [-0.4, -0.2) is 47.0 Å². The second-order valence-corrected chi connectivity index (χ2v) is 10.5. The summed E-state index contributed by atoms with van der Waals surface area (Å²) in [4.78, 5) is 46.8. The van der Waals surface area contributed by atoms with Gasteiger partial charge >= 0.3 is 0 Å². The summed E-state index contributed by atoms with van der Waals surface area (Å²) in [5, 5.41) is 5.37. The predicted octanol–water partition coefficient (Wildman–Crippen LogP) is 5.10. The highest BCUT2D eigenvalue weighted by atomic mass is 16.2. The van der Waals surface area contributed by atoms with Gasteiger partial charge in [0.2, 0.25) is 12.3 Å². The number of benzene rings is 2. The van der Waals surface area contributed by atoms with Gasteiger partial charge in [0.25, 0.3) is 5.91 Å². The molecule has 1 aromatic heterocycles. The summed E-state index contributed by atoms with van der Waals surface area (Å²) in [6, 6.07) is 17.2. The number of carbonyl (C=O) groups excluding carboxylic acids is 3. The van der Waals surface area contributed by atoms with E-state index in [0.29, 0.717) is 54.4 Å². The third-order valence-electron chi connectivity index (χ3n) is 6.92. The van der Waals surface area contributed by atoms with Crippen molar-refractivity contribution in [2.75, 3.05) is 18.4 Å². The Kier molecular flexibility index (Phi) is 13.3. The van der Waals surface area contributed by atoms with Crippen LogP contribution in [0.2, 0.25) is 0 Å². The molecule has 10 nitrogen and oxygen atoms in total. The highest BCUT2D eigenvalue weighted by molar-refractivity contribution is 6.07. The Hall–Kier alpha value is -4.83. The lowest BCUT2D eigenvalue weighted by atomic mass is 10.0. The minimum absolute atomic E-state index is 0.0343. The van der Waals surface area contributed by atoms with Gasteiger partial charge in [-0.05, 0) is 54.7 Å². The molecule has 1 unspecified atom stereocenters. The van der Waals surface area contributed by atoms with Gasteiger partial charge in [0.05, 0.1) is 17.6 Å². The maximum atomic E-state index is 13.1. The number of hydrogen-bond donors (Lipinski definition) is 4. The average Bonchev–Trinajstić information content (AvgIpc) is 3.21. The minimum atomic E-state index is -0.333. The zero-order chi connectivity index (χ0) is 31.9. The Morgan fingerprint density at radius 2 is 1.75 bits per heavy atom. The van der Waals surface area contributed by atoms with Crippen LogP contribution in [0.25, 0.3) is 6.08 Å². The number of rotatable bonds is 12. The fourth-order valence-corrected chi connectivity index (χ4v) is 4.68. The predicted molar refractivity (Wildman–Crippen MR) is 176 cm³/mol. The van der Waals surface area contributed by atoms with Crippen molar-refractivity contribution >= 4 is 41.5 Å². The van der Waals surface area contributed by atoms with Crippen molar-refractivity contribution < 1.29 is 14.4 Å². The highest BCUT2D eigenvalue weighted by Crippen LogP contribution is 2.29. The van der Waals surface area contributed by atoms with Crippen molar-refractivity contribution in [1.82, 2.24) is 15.2 Å². The first-order valence-electron chi connectivity index (χ1n) is 15.0. The number of aromatic nitrogens is 1. The molecule has 232 valence electrons. The van der Waals surface area contributed by atoms with E-state index in [0.717, 1.165) is 30.4 Å². The molecule has 0 radical (unpaired) electrons. The number of nitrogens with zero attached hydrogens (tertiary/aromatic N) is 3. The summed E-state index contributed by atoms with van der Waals surface area (Å²) in [6.07, 6.45) is 8.57. The normalized spacial score (nSPS) is 12.6. The molecule has 0 spiro atoms. The number of pyridine rings is 1. The van der Waals surface area contributed by atoms with Crippen LogP contribution < -0.4 is 22.1 Å². The summed E-state index contributed by atoms with van der Waals surface area (Å²) in [5.74, 6) is -0.0446. The lowest BCUT2D eigenvalue weighted by Crippen LogP contribution is -2.34. The van der Waals surface area contributed by atoms with Gasteiger partial charge in [0.1, 0.15) is 5.84 Å². The average molecular weight is 598 g/mol. The Balaban J connectivity index is 0.000000448. The summed E-state index contributed by atoms with van der Waals surface area (Å²) in [7, 11) is 0. The molecule has 10 heteroatoms. The second-order valence-electron chi connectivity index (χ2n) is 10.5. The van der Waals surface area contributed by atoms with E-state index in [-0.39, 0.29) is 24.3 Å². The standard InChI is InChI=1S/C25H30N6O3.C9H13N/c1-3-7-31(8-4-2)25(34)20-10-18-5-6-19(11-22(18)30-23(26)12-20)24(33)29-21-9-17(13-27-15-21)14-28-16-32;1-2-9(10)8-6-4-3-5-7-8/h5-6,9-11,13,15-16H,3-4,7-8,12,14H2,1-2H3,(H2,26,30)(H,28,32)(H,29,33);3-7,9H,2,10H2,1H3. The molecule has 44 heavy (non-hydrogen) atoms. The number of hydrogen-bond acceptors (Lipinski definition) is 7. The quantitative estimate of drug-likeness (QED) is 0.213. The molecule has 0 bridgehead atoms. The van der Waals surface area contributed by atoms with E-state index < -0.39 is 0 Å². The summed E-state index contributed by atoms with van der Waals surface area (Å²) in [5.41, 5.74) is 16.7. The molecule has 3 aromatic rings. The highest BCUT2D eigenvalue weighted by Gasteiger charge is 2.21. The van der Waals surface area contributed by atoms with Gasteiger partial charge in [-0.1, -0.05) is 57.2 Å². The van der Waals surface area contributed by atoms with Crippen LogP contribution in [0.1, 0.15) is 79.5 Å². The Morgan fingerprint density at radius 1 is 1.02 bits per heavy atom. The molecule has 1 aliphatic rings. The van der Waals surface area contributed by atoms with Gasteiger partial charge in [-0.2, -0.15) is 0 Å². The third kappa shape index (κ3) is 9.88. The SMILES string of the molecule is CCC(N)c1ccccc1.CCCN(CCC)C(=O)C1=Cc2ccc(C(=O)Nc3cncc(CNC=O)c3)cc2N=C(N)C1. The van der Waals surface area contributed by atoms with Crippen molar-refractivity contribution in [1.29, 1.82) is 0 Å². The second kappa shape index (κ2) is 17.3. The number of fused-ring (bicyclic) bond motifs is 1. The van der Waals surface area contributed by atoms with Crippen LogP contribution >= 0.6 is 0 Å². The lowest BCUT2D eigenvalue weighted by molar-refractivity contribution is -0.127. The zero-order valence-electron chi connectivity index (χ0n) is 25.8. The first kappa shape index (κ1) is 33.7. The molecule has 0 saturated carbocycles. The van der Waals surface area contributed by atoms with E-state index in [1.807, 2.05) is 43.0 Å². The van der Waals surface area contributed by atoms with Crippen LogP contribution in [0, 0.1) is 0 Å². The van der Waals surface area contributed by atoms with Crippen molar-refractivity contribution in [2.45, 2.75) is 59.0 Å². The molecule has 1 atom stereocenters. The monoisotopic (exact) mass is 597 g/mol. The number of amides is 3. The molecule has 0 saturated heterocycles. The summed E-state index contributed by atoms with van der Waals surface area (Å²) >= 11 is 0. The maximum absolute atomic E-state index is 13.1. The molecular weight excluding hydrogens is 554 g/mol. The topological polar surface area (TPSA) is 156 Å². The number of carbonyl (C=O) groups is 3. The number of anilines is 1. The zero-order valence-corrected chi connectivity index (χ0v) is 25.8. The van der Waals surface area contributed by atoms with Crippen LogP contribution in [0.3, 0.4) is 0 Å². The fraction of sp³-hybridized carbons (Fsp3) is 0.324. The van der Waals surface area contributed by atoms with E-state index in [2.05, 4.69) is 39.7 Å².